The molecule has 6 nitrogen and oxygen atoms in total. The van der Waals surface area contributed by atoms with Gasteiger partial charge in [-0.15, -0.1) is 0 Å². The molecule has 0 aliphatic carbocycles. The highest BCUT2D eigenvalue weighted by atomic mass is 16.5. The van der Waals surface area contributed by atoms with Gasteiger partial charge in [-0.25, -0.2) is 4.79 Å². The minimum Gasteiger partial charge on any atom is -0.465 e. The van der Waals surface area contributed by atoms with Crippen molar-refractivity contribution in [1.29, 1.82) is 0 Å². The van der Waals surface area contributed by atoms with E-state index in [9.17, 15) is 9.59 Å². The Balaban J connectivity index is 1.62. The van der Waals surface area contributed by atoms with Crippen LogP contribution in [-0.4, -0.2) is 67.2 Å². The molecule has 2 amide bonds. The Bertz CT molecular complexity index is 310. The minimum atomic E-state index is -0.387. The van der Waals surface area contributed by atoms with Crippen molar-refractivity contribution in [2.24, 2.45) is 0 Å². The number of carbonyl (C=O) groups excluding carboxylic acids is 2. The molecule has 0 radical (unpaired) electrons. The van der Waals surface area contributed by atoms with E-state index in [0.29, 0.717) is 12.6 Å². The fourth-order valence-electron chi connectivity index (χ4n) is 2.43. The van der Waals surface area contributed by atoms with Crippen molar-refractivity contribution in [3.05, 3.63) is 0 Å². The van der Waals surface area contributed by atoms with Gasteiger partial charge in [-0.05, 0) is 32.9 Å². The first-order chi connectivity index (χ1) is 8.70. The molecular weight excluding hydrogens is 234 g/mol. The number of likely N-dealkylation sites (tertiary alicyclic amines) is 2. The normalized spacial score (nSPS) is 20.6. The van der Waals surface area contributed by atoms with E-state index in [1.54, 1.807) is 11.8 Å². The van der Waals surface area contributed by atoms with Crippen LogP contribution in [-0.2, 0) is 9.53 Å². The SMILES string of the molecule is CCOC(=O)CNC(=O)N1CC(N2CCCC2)C1. The fourth-order valence-corrected chi connectivity index (χ4v) is 2.43. The Labute approximate surface area is 107 Å². The predicted octanol–water partition coefficient (Wildman–Crippen LogP) is 0.0391. The van der Waals surface area contributed by atoms with E-state index in [1.807, 2.05) is 0 Å². The van der Waals surface area contributed by atoms with Gasteiger partial charge in [0.15, 0.2) is 0 Å². The molecule has 0 spiro atoms. The number of rotatable bonds is 4. The zero-order valence-corrected chi connectivity index (χ0v) is 10.9. The monoisotopic (exact) mass is 255 g/mol. The van der Waals surface area contributed by atoms with E-state index >= 15 is 0 Å². The van der Waals surface area contributed by atoms with Gasteiger partial charge in [-0.1, -0.05) is 0 Å². The molecule has 2 rings (SSSR count). The Kier molecular flexibility index (Phi) is 4.41. The van der Waals surface area contributed by atoms with E-state index in [1.165, 1.54) is 12.8 Å². The molecular formula is C12H21N3O3. The summed E-state index contributed by atoms with van der Waals surface area (Å²) < 4.78 is 4.75. The summed E-state index contributed by atoms with van der Waals surface area (Å²) in [7, 11) is 0. The lowest BCUT2D eigenvalue weighted by Gasteiger charge is -2.43. The molecule has 0 aromatic rings. The Morgan fingerprint density at radius 3 is 2.56 bits per heavy atom. The van der Waals surface area contributed by atoms with Gasteiger partial charge in [-0.3, -0.25) is 9.69 Å². The highest BCUT2D eigenvalue weighted by Crippen LogP contribution is 2.19. The first-order valence-corrected chi connectivity index (χ1v) is 6.63. The van der Waals surface area contributed by atoms with Gasteiger partial charge in [-0.2, -0.15) is 0 Å². The number of hydrogen-bond acceptors (Lipinski definition) is 4. The molecule has 0 saturated carbocycles. The third-order valence-corrected chi connectivity index (χ3v) is 3.50. The third kappa shape index (κ3) is 3.13. The van der Waals surface area contributed by atoms with Crippen LogP contribution in [0, 0.1) is 0 Å². The van der Waals surface area contributed by atoms with Crippen molar-refractivity contribution in [2.75, 3.05) is 39.3 Å². The van der Waals surface area contributed by atoms with E-state index in [2.05, 4.69) is 10.2 Å². The van der Waals surface area contributed by atoms with Crippen LogP contribution in [0.15, 0.2) is 0 Å². The van der Waals surface area contributed by atoms with Crippen molar-refractivity contribution in [3.8, 4) is 0 Å². The van der Waals surface area contributed by atoms with Gasteiger partial charge in [0.1, 0.15) is 6.54 Å². The molecule has 18 heavy (non-hydrogen) atoms. The first kappa shape index (κ1) is 13.1. The highest BCUT2D eigenvalue weighted by molar-refractivity contribution is 5.81. The second kappa shape index (κ2) is 6.04. The maximum atomic E-state index is 11.7. The van der Waals surface area contributed by atoms with E-state index in [4.69, 9.17) is 4.74 Å². The second-order valence-corrected chi connectivity index (χ2v) is 4.77. The number of hydrogen-bond donors (Lipinski definition) is 1. The molecule has 2 aliphatic heterocycles. The van der Waals surface area contributed by atoms with Crippen LogP contribution in [0.25, 0.3) is 0 Å². The summed E-state index contributed by atoms with van der Waals surface area (Å²) in [5, 5.41) is 2.57. The van der Waals surface area contributed by atoms with Crippen LogP contribution < -0.4 is 5.32 Å². The maximum Gasteiger partial charge on any atom is 0.325 e. The molecule has 2 fully saturated rings. The molecule has 0 bridgehead atoms. The summed E-state index contributed by atoms with van der Waals surface area (Å²) in [6.45, 7) is 5.90. The number of nitrogens with zero attached hydrogens (tertiary/aromatic N) is 2. The van der Waals surface area contributed by atoms with Gasteiger partial charge < -0.3 is 15.0 Å². The summed E-state index contributed by atoms with van der Waals surface area (Å²) in [4.78, 5) is 26.9. The average Bonchev–Trinajstić information content (AvgIpc) is 2.78. The first-order valence-electron chi connectivity index (χ1n) is 6.63. The maximum absolute atomic E-state index is 11.7. The third-order valence-electron chi connectivity index (χ3n) is 3.50. The number of urea groups is 1. The van der Waals surface area contributed by atoms with Crippen molar-refractivity contribution in [3.63, 3.8) is 0 Å². The van der Waals surface area contributed by atoms with Gasteiger partial charge in [0.2, 0.25) is 0 Å². The molecule has 0 aromatic carbocycles. The van der Waals surface area contributed by atoms with Crippen molar-refractivity contribution in [1.82, 2.24) is 15.1 Å². The number of esters is 1. The summed E-state index contributed by atoms with van der Waals surface area (Å²) in [6, 6.07) is 0.347. The van der Waals surface area contributed by atoms with Gasteiger partial charge >= 0.3 is 12.0 Å². The summed E-state index contributed by atoms with van der Waals surface area (Å²) in [5.74, 6) is -0.387. The van der Waals surface area contributed by atoms with Crippen LogP contribution in [0.2, 0.25) is 0 Å². The fraction of sp³-hybridized carbons (Fsp3) is 0.833. The molecule has 2 saturated heterocycles. The van der Waals surface area contributed by atoms with Crippen LogP contribution >= 0.6 is 0 Å². The molecule has 2 heterocycles. The molecule has 2 aliphatic rings. The average molecular weight is 255 g/mol. The molecule has 1 N–H and O–H groups in total. The largest absolute Gasteiger partial charge is 0.465 e. The van der Waals surface area contributed by atoms with Crippen molar-refractivity contribution in [2.45, 2.75) is 25.8 Å². The van der Waals surface area contributed by atoms with Crippen LogP contribution in [0.3, 0.4) is 0 Å². The van der Waals surface area contributed by atoms with Gasteiger partial charge in [0, 0.05) is 19.1 Å². The lowest BCUT2D eigenvalue weighted by atomic mass is 10.1. The molecule has 6 heteroatoms. The molecule has 0 atom stereocenters. The zero-order chi connectivity index (χ0) is 13.0. The molecule has 102 valence electrons. The highest BCUT2D eigenvalue weighted by Gasteiger charge is 2.35. The number of amides is 2. The van der Waals surface area contributed by atoms with Crippen LogP contribution in [0.4, 0.5) is 4.79 Å². The molecule has 0 unspecified atom stereocenters. The topological polar surface area (TPSA) is 61.9 Å². The van der Waals surface area contributed by atoms with Crippen LogP contribution in [0.5, 0.6) is 0 Å². The molecule has 0 aromatic heterocycles. The number of carbonyl (C=O) groups is 2. The zero-order valence-electron chi connectivity index (χ0n) is 10.9. The minimum absolute atomic E-state index is 0.0441. The van der Waals surface area contributed by atoms with Gasteiger partial charge in [0.05, 0.1) is 6.61 Å². The van der Waals surface area contributed by atoms with E-state index < -0.39 is 0 Å². The van der Waals surface area contributed by atoms with E-state index in [-0.39, 0.29) is 18.5 Å². The summed E-state index contributed by atoms with van der Waals surface area (Å²) in [6.07, 6.45) is 2.54. The van der Waals surface area contributed by atoms with Crippen molar-refractivity contribution < 1.29 is 14.3 Å². The standard InChI is InChI=1S/C12H21N3O3/c1-2-18-11(16)7-13-12(17)15-8-10(9-15)14-5-3-4-6-14/h10H,2-9H2,1H3,(H,13,17). The second-order valence-electron chi connectivity index (χ2n) is 4.77. The van der Waals surface area contributed by atoms with Crippen molar-refractivity contribution >= 4 is 12.0 Å². The van der Waals surface area contributed by atoms with Crippen LogP contribution in [0.1, 0.15) is 19.8 Å². The number of nitrogens with one attached hydrogen (secondary N) is 1. The Morgan fingerprint density at radius 1 is 1.28 bits per heavy atom. The summed E-state index contributed by atoms with van der Waals surface area (Å²) in [5.41, 5.74) is 0. The Hall–Kier alpha value is -1.30. The summed E-state index contributed by atoms with van der Waals surface area (Å²) >= 11 is 0. The van der Waals surface area contributed by atoms with E-state index in [0.717, 1.165) is 26.2 Å². The lowest BCUT2D eigenvalue weighted by molar-refractivity contribution is -0.141. The smallest absolute Gasteiger partial charge is 0.325 e. The predicted molar refractivity (Wildman–Crippen MR) is 66.2 cm³/mol. The van der Waals surface area contributed by atoms with Gasteiger partial charge in [0.25, 0.3) is 0 Å². The number of ether oxygens (including phenoxy) is 1. The Morgan fingerprint density at radius 2 is 1.94 bits per heavy atom. The quantitative estimate of drug-likeness (QED) is 0.720. The lowest BCUT2D eigenvalue weighted by Crippen LogP contribution is -2.62.